The molecule has 0 spiro atoms. The predicted octanol–water partition coefficient (Wildman–Crippen LogP) is -1.55. The van der Waals surface area contributed by atoms with E-state index in [0.29, 0.717) is 5.69 Å². The van der Waals surface area contributed by atoms with E-state index in [-0.39, 0.29) is 5.75 Å². The monoisotopic (exact) mass is 271 g/mol. The third-order valence-corrected chi connectivity index (χ3v) is 3.01. The molecule has 0 amide bonds. The second-order valence-electron chi connectivity index (χ2n) is 4.35. The van der Waals surface area contributed by atoms with Crippen molar-refractivity contribution in [1.82, 2.24) is 0 Å². The first kappa shape index (κ1) is 14.0. The van der Waals surface area contributed by atoms with E-state index in [1.165, 1.54) is 0 Å². The van der Waals surface area contributed by atoms with Gasteiger partial charge in [0.25, 0.3) is 0 Å². The van der Waals surface area contributed by atoms with Crippen molar-refractivity contribution in [1.29, 1.82) is 0 Å². The van der Waals surface area contributed by atoms with Crippen LogP contribution in [0.3, 0.4) is 0 Å². The molecule has 1 saturated heterocycles. The van der Waals surface area contributed by atoms with Gasteiger partial charge in [0.2, 0.25) is 6.29 Å². The van der Waals surface area contributed by atoms with Crippen molar-refractivity contribution < 1.29 is 29.9 Å². The third kappa shape index (κ3) is 2.80. The zero-order valence-corrected chi connectivity index (χ0v) is 10.1. The summed E-state index contributed by atoms with van der Waals surface area (Å²) >= 11 is 0. The first-order valence-electron chi connectivity index (χ1n) is 5.86. The van der Waals surface area contributed by atoms with Crippen LogP contribution in [0.25, 0.3) is 0 Å². The van der Waals surface area contributed by atoms with Crippen molar-refractivity contribution in [2.24, 2.45) is 0 Å². The maximum Gasteiger partial charge on any atom is 0.229 e. The summed E-state index contributed by atoms with van der Waals surface area (Å²) in [5.41, 5.74) is 6.04. The molecule has 1 aliphatic heterocycles. The molecular weight excluding hydrogens is 254 g/mol. The smallest absolute Gasteiger partial charge is 0.229 e. The fourth-order valence-corrected chi connectivity index (χ4v) is 1.88. The van der Waals surface area contributed by atoms with Crippen LogP contribution in [0.15, 0.2) is 24.3 Å². The second kappa shape index (κ2) is 5.72. The standard InChI is InChI=1S/C12H17NO6/c13-6-3-1-2-4-7(6)18-12-11(17)10(16)9(15)8(5-14)19-12/h1-4,8-12,14-17H,5,13H2/t8-,9-,10+,11-,12-/m0/s1. The van der Waals surface area contributed by atoms with Gasteiger partial charge in [-0.25, -0.2) is 0 Å². The number of para-hydroxylation sites is 2. The number of nitrogens with two attached hydrogens (primary N) is 1. The molecule has 106 valence electrons. The Morgan fingerprint density at radius 2 is 1.79 bits per heavy atom. The number of anilines is 1. The number of rotatable bonds is 3. The molecule has 2 rings (SSSR count). The topological polar surface area (TPSA) is 125 Å². The van der Waals surface area contributed by atoms with E-state index in [4.69, 9.17) is 20.3 Å². The van der Waals surface area contributed by atoms with E-state index in [9.17, 15) is 15.3 Å². The van der Waals surface area contributed by atoms with E-state index in [0.717, 1.165) is 0 Å². The summed E-state index contributed by atoms with van der Waals surface area (Å²) in [4.78, 5) is 0. The van der Waals surface area contributed by atoms with Crippen LogP contribution in [0, 0.1) is 0 Å². The van der Waals surface area contributed by atoms with Gasteiger partial charge in [-0.2, -0.15) is 0 Å². The van der Waals surface area contributed by atoms with Gasteiger partial charge in [0.1, 0.15) is 30.2 Å². The fraction of sp³-hybridized carbons (Fsp3) is 0.500. The summed E-state index contributed by atoms with van der Waals surface area (Å²) in [5.74, 6) is 0.284. The molecule has 0 saturated carbocycles. The predicted molar refractivity (Wildman–Crippen MR) is 65.2 cm³/mol. The summed E-state index contributed by atoms with van der Waals surface area (Å²) in [5, 5.41) is 38.1. The summed E-state index contributed by atoms with van der Waals surface area (Å²) in [6.07, 6.45) is -6.56. The Bertz CT molecular complexity index is 426. The van der Waals surface area contributed by atoms with Gasteiger partial charge in [-0.05, 0) is 12.1 Å². The number of ether oxygens (including phenoxy) is 2. The van der Waals surface area contributed by atoms with E-state index in [1.54, 1.807) is 24.3 Å². The van der Waals surface area contributed by atoms with Crippen molar-refractivity contribution in [3.05, 3.63) is 24.3 Å². The normalized spacial score (nSPS) is 35.1. The number of hydrogen-bond acceptors (Lipinski definition) is 7. The SMILES string of the molecule is Nc1ccccc1O[C@H]1O[C@@H](CO)[C@H](O)[C@@H](O)[C@@H]1O. The lowest BCUT2D eigenvalue weighted by Gasteiger charge is -2.39. The average molecular weight is 271 g/mol. The molecular formula is C12H17NO6. The molecule has 0 aromatic heterocycles. The van der Waals surface area contributed by atoms with Crippen molar-refractivity contribution in [3.8, 4) is 5.75 Å². The third-order valence-electron chi connectivity index (χ3n) is 3.01. The van der Waals surface area contributed by atoms with Crippen LogP contribution in [0.5, 0.6) is 5.75 Å². The molecule has 0 bridgehead atoms. The molecule has 1 aromatic carbocycles. The number of aliphatic hydroxyl groups excluding tert-OH is 4. The molecule has 6 N–H and O–H groups in total. The molecule has 1 fully saturated rings. The van der Waals surface area contributed by atoms with E-state index in [2.05, 4.69) is 0 Å². The Morgan fingerprint density at radius 3 is 2.42 bits per heavy atom. The van der Waals surface area contributed by atoms with Gasteiger partial charge < -0.3 is 35.6 Å². The minimum atomic E-state index is -1.47. The Labute approximate surface area is 109 Å². The summed E-state index contributed by atoms with van der Waals surface area (Å²) in [7, 11) is 0. The number of nitrogen functional groups attached to an aromatic ring is 1. The largest absolute Gasteiger partial charge is 0.460 e. The van der Waals surface area contributed by atoms with Gasteiger partial charge in [-0.1, -0.05) is 12.1 Å². The van der Waals surface area contributed by atoms with Crippen LogP contribution in [-0.4, -0.2) is 57.7 Å². The maximum absolute atomic E-state index is 9.79. The van der Waals surface area contributed by atoms with Gasteiger partial charge in [0, 0.05) is 0 Å². The van der Waals surface area contributed by atoms with Gasteiger partial charge in [-0.3, -0.25) is 0 Å². The van der Waals surface area contributed by atoms with Crippen molar-refractivity contribution >= 4 is 5.69 Å². The van der Waals surface area contributed by atoms with Crippen LogP contribution < -0.4 is 10.5 Å². The van der Waals surface area contributed by atoms with E-state index < -0.39 is 37.3 Å². The van der Waals surface area contributed by atoms with Crippen LogP contribution >= 0.6 is 0 Å². The highest BCUT2D eigenvalue weighted by atomic mass is 16.7. The second-order valence-corrected chi connectivity index (χ2v) is 4.35. The Morgan fingerprint density at radius 1 is 1.11 bits per heavy atom. The Hall–Kier alpha value is -1.38. The minimum absolute atomic E-state index is 0.284. The molecule has 1 heterocycles. The lowest BCUT2D eigenvalue weighted by molar-refractivity contribution is -0.277. The quantitative estimate of drug-likeness (QED) is 0.421. The zero-order chi connectivity index (χ0) is 14.0. The number of hydrogen-bond donors (Lipinski definition) is 5. The van der Waals surface area contributed by atoms with Crippen molar-refractivity contribution in [2.45, 2.75) is 30.7 Å². The highest BCUT2D eigenvalue weighted by Gasteiger charge is 2.44. The fourth-order valence-electron chi connectivity index (χ4n) is 1.88. The zero-order valence-electron chi connectivity index (χ0n) is 10.1. The Kier molecular flexibility index (Phi) is 4.23. The highest BCUT2D eigenvalue weighted by molar-refractivity contribution is 5.51. The molecule has 1 aromatic rings. The summed E-state index contributed by atoms with van der Waals surface area (Å²) < 4.78 is 10.6. The molecule has 1 aliphatic rings. The van der Waals surface area contributed by atoms with Crippen molar-refractivity contribution in [3.63, 3.8) is 0 Å². The van der Waals surface area contributed by atoms with E-state index in [1.807, 2.05) is 0 Å². The highest BCUT2D eigenvalue weighted by Crippen LogP contribution is 2.27. The minimum Gasteiger partial charge on any atom is -0.460 e. The molecule has 19 heavy (non-hydrogen) atoms. The first-order chi connectivity index (χ1) is 9.04. The molecule has 0 radical (unpaired) electrons. The molecule has 0 aliphatic carbocycles. The lowest BCUT2D eigenvalue weighted by atomic mass is 9.99. The summed E-state index contributed by atoms with van der Waals surface area (Å²) in [6, 6.07) is 6.60. The van der Waals surface area contributed by atoms with E-state index >= 15 is 0 Å². The average Bonchev–Trinajstić information content (AvgIpc) is 2.41. The van der Waals surface area contributed by atoms with Gasteiger partial charge in [0.05, 0.1) is 12.3 Å². The van der Waals surface area contributed by atoms with Crippen LogP contribution in [0.2, 0.25) is 0 Å². The maximum atomic E-state index is 9.79. The van der Waals surface area contributed by atoms with Crippen molar-refractivity contribution in [2.75, 3.05) is 12.3 Å². The van der Waals surface area contributed by atoms with Crippen LogP contribution in [0.4, 0.5) is 5.69 Å². The Balaban J connectivity index is 2.13. The molecule has 0 unspecified atom stereocenters. The number of aliphatic hydroxyl groups is 4. The molecule has 5 atom stereocenters. The van der Waals surface area contributed by atoms with Gasteiger partial charge in [-0.15, -0.1) is 0 Å². The van der Waals surface area contributed by atoms with Crippen LogP contribution in [-0.2, 0) is 4.74 Å². The first-order valence-corrected chi connectivity index (χ1v) is 5.86. The summed E-state index contributed by atoms with van der Waals surface area (Å²) in [6.45, 7) is -0.505. The number of benzene rings is 1. The van der Waals surface area contributed by atoms with Gasteiger partial charge >= 0.3 is 0 Å². The van der Waals surface area contributed by atoms with Gasteiger partial charge in [0.15, 0.2) is 0 Å². The van der Waals surface area contributed by atoms with Crippen LogP contribution in [0.1, 0.15) is 0 Å². The molecule has 7 nitrogen and oxygen atoms in total. The lowest BCUT2D eigenvalue weighted by Crippen LogP contribution is -2.60. The molecule has 7 heteroatoms.